The molecule has 0 aliphatic heterocycles. The molecule has 0 bridgehead atoms. The molecule has 0 spiro atoms. The van der Waals surface area contributed by atoms with Crippen molar-refractivity contribution in [1.82, 2.24) is 10.2 Å². The number of hydrogen-bond acceptors (Lipinski definition) is 5. The van der Waals surface area contributed by atoms with Crippen molar-refractivity contribution in [2.75, 3.05) is 39.8 Å². The van der Waals surface area contributed by atoms with Crippen molar-refractivity contribution in [3.8, 4) is 0 Å². The van der Waals surface area contributed by atoms with Crippen molar-refractivity contribution in [3.05, 3.63) is 0 Å². The third-order valence-corrected chi connectivity index (χ3v) is 3.13. The van der Waals surface area contributed by atoms with Crippen molar-refractivity contribution in [3.63, 3.8) is 0 Å². The van der Waals surface area contributed by atoms with Gasteiger partial charge in [-0.25, -0.2) is 0 Å². The fourth-order valence-electron chi connectivity index (χ4n) is 1.77. The van der Waals surface area contributed by atoms with Crippen molar-refractivity contribution >= 4 is 11.9 Å². The second kappa shape index (κ2) is 9.72. The minimum atomic E-state index is -0.251. The number of rotatable bonds is 10. The Hall–Kier alpha value is -1.14. The molecule has 0 atom stereocenters. The Bertz CT molecular complexity index is 306. The van der Waals surface area contributed by atoms with Gasteiger partial charge in [0.05, 0.1) is 13.7 Å². The van der Waals surface area contributed by atoms with Gasteiger partial charge in [-0.1, -0.05) is 20.8 Å². The quantitative estimate of drug-likeness (QED) is 0.448. The molecule has 6 nitrogen and oxygen atoms in total. The highest BCUT2D eigenvalue weighted by molar-refractivity contribution is 5.78. The average Bonchev–Trinajstić information content (AvgIpc) is 2.42. The lowest BCUT2D eigenvalue weighted by molar-refractivity contribution is -0.140. The van der Waals surface area contributed by atoms with Gasteiger partial charge in [0.25, 0.3) is 0 Å². The second-order valence-corrected chi connectivity index (χ2v) is 5.70. The van der Waals surface area contributed by atoms with Gasteiger partial charge in [-0.3, -0.25) is 14.5 Å². The van der Waals surface area contributed by atoms with Crippen molar-refractivity contribution < 1.29 is 14.3 Å². The Morgan fingerprint density at radius 1 is 1.35 bits per heavy atom. The number of esters is 1. The maximum atomic E-state index is 11.8. The van der Waals surface area contributed by atoms with Crippen molar-refractivity contribution in [2.45, 2.75) is 33.6 Å². The van der Waals surface area contributed by atoms with Gasteiger partial charge >= 0.3 is 5.97 Å². The van der Waals surface area contributed by atoms with Crippen LogP contribution in [-0.2, 0) is 14.3 Å². The van der Waals surface area contributed by atoms with E-state index in [0.717, 1.165) is 13.1 Å². The lowest BCUT2D eigenvalue weighted by atomic mass is 9.93. The Morgan fingerprint density at radius 2 is 2.00 bits per heavy atom. The zero-order chi connectivity index (χ0) is 15.6. The van der Waals surface area contributed by atoms with E-state index in [2.05, 4.69) is 28.8 Å². The molecule has 0 rings (SSSR count). The van der Waals surface area contributed by atoms with E-state index < -0.39 is 0 Å². The third kappa shape index (κ3) is 8.87. The maximum Gasteiger partial charge on any atom is 0.305 e. The van der Waals surface area contributed by atoms with Gasteiger partial charge in [-0.15, -0.1) is 0 Å². The summed E-state index contributed by atoms with van der Waals surface area (Å²) in [5, 5.41) is 2.81. The normalized spacial score (nSPS) is 11.5. The summed E-state index contributed by atoms with van der Waals surface area (Å²) < 4.78 is 4.53. The van der Waals surface area contributed by atoms with E-state index >= 15 is 0 Å². The van der Waals surface area contributed by atoms with E-state index in [9.17, 15) is 9.59 Å². The van der Waals surface area contributed by atoms with Crippen LogP contribution in [0.25, 0.3) is 0 Å². The van der Waals surface area contributed by atoms with Crippen LogP contribution < -0.4 is 11.1 Å². The Balaban J connectivity index is 3.95. The molecule has 0 fully saturated rings. The number of carbonyl (C=O) groups excluding carboxylic acids is 2. The summed E-state index contributed by atoms with van der Waals surface area (Å²) >= 11 is 0. The molecule has 0 aliphatic rings. The van der Waals surface area contributed by atoms with Gasteiger partial charge in [-0.2, -0.15) is 0 Å². The molecule has 6 heteroatoms. The first-order valence-electron chi connectivity index (χ1n) is 7.10. The highest BCUT2D eigenvalue weighted by Gasteiger charge is 2.20. The largest absolute Gasteiger partial charge is 0.469 e. The molecule has 0 aromatic rings. The minimum Gasteiger partial charge on any atom is -0.469 e. The monoisotopic (exact) mass is 287 g/mol. The highest BCUT2D eigenvalue weighted by Crippen LogP contribution is 2.14. The van der Waals surface area contributed by atoms with Gasteiger partial charge in [0.1, 0.15) is 0 Å². The number of ether oxygens (including phenoxy) is 1. The number of amides is 1. The topological polar surface area (TPSA) is 84.7 Å². The first kappa shape index (κ1) is 18.9. The standard InChI is InChI=1S/C14H29N3O3/c1-5-17(11-14(2,3)10-15)9-12(18)16-8-6-7-13(19)20-4/h5-11,15H2,1-4H3,(H,16,18). The van der Waals surface area contributed by atoms with Gasteiger partial charge in [0.2, 0.25) is 5.91 Å². The maximum absolute atomic E-state index is 11.8. The van der Waals surface area contributed by atoms with Crippen LogP contribution in [0.15, 0.2) is 0 Å². The van der Waals surface area contributed by atoms with E-state index in [-0.39, 0.29) is 17.3 Å². The number of nitrogens with zero attached hydrogens (tertiary/aromatic N) is 1. The van der Waals surface area contributed by atoms with E-state index in [0.29, 0.717) is 32.5 Å². The van der Waals surface area contributed by atoms with Crippen LogP contribution in [0.2, 0.25) is 0 Å². The Labute approximate surface area is 122 Å². The summed E-state index contributed by atoms with van der Waals surface area (Å²) in [6.07, 6.45) is 0.924. The fraction of sp³-hybridized carbons (Fsp3) is 0.857. The second-order valence-electron chi connectivity index (χ2n) is 5.70. The number of likely N-dealkylation sites (N-methyl/N-ethyl adjacent to an activating group) is 1. The zero-order valence-electron chi connectivity index (χ0n) is 13.2. The Morgan fingerprint density at radius 3 is 2.50 bits per heavy atom. The van der Waals surface area contributed by atoms with E-state index in [4.69, 9.17) is 5.73 Å². The summed E-state index contributed by atoms with van der Waals surface area (Å²) in [5.74, 6) is -0.274. The number of hydrogen-bond donors (Lipinski definition) is 2. The summed E-state index contributed by atoms with van der Waals surface area (Å²) in [6, 6.07) is 0. The molecule has 0 saturated carbocycles. The number of methoxy groups -OCH3 is 1. The minimum absolute atomic E-state index is 0.00116. The van der Waals surface area contributed by atoms with Crippen LogP contribution in [0.3, 0.4) is 0 Å². The predicted molar refractivity (Wildman–Crippen MR) is 79.2 cm³/mol. The average molecular weight is 287 g/mol. The van der Waals surface area contributed by atoms with E-state index in [1.54, 1.807) is 0 Å². The molecule has 0 aromatic carbocycles. The summed E-state index contributed by atoms with van der Waals surface area (Å²) in [7, 11) is 1.36. The zero-order valence-corrected chi connectivity index (χ0v) is 13.2. The fourth-order valence-corrected chi connectivity index (χ4v) is 1.77. The molecule has 0 heterocycles. The van der Waals surface area contributed by atoms with Crippen LogP contribution >= 0.6 is 0 Å². The number of carbonyl (C=O) groups is 2. The molecular weight excluding hydrogens is 258 g/mol. The third-order valence-electron chi connectivity index (χ3n) is 3.13. The van der Waals surface area contributed by atoms with Gasteiger partial charge in [0, 0.05) is 19.5 Å². The number of nitrogens with two attached hydrogens (primary N) is 1. The predicted octanol–water partition coefficient (Wildman–Crippen LogP) is 0.363. The first-order chi connectivity index (χ1) is 9.34. The van der Waals surface area contributed by atoms with Crippen LogP contribution in [0.5, 0.6) is 0 Å². The van der Waals surface area contributed by atoms with Gasteiger partial charge in [0.15, 0.2) is 0 Å². The van der Waals surface area contributed by atoms with Crippen LogP contribution in [0.1, 0.15) is 33.6 Å². The first-order valence-corrected chi connectivity index (χ1v) is 7.10. The summed E-state index contributed by atoms with van der Waals surface area (Å²) in [6.45, 7) is 9.23. The molecule has 0 aliphatic carbocycles. The van der Waals surface area contributed by atoms with Crippen LogP contribution in [0, 0.1) is 5.41 Å². The molecule has 20 heavy (non-hydrogen) atoms. The highest BCUT2D eigenvalue weighted by atomic mass is 16.5. The molecule has 118 valence electrons. The Kier molecular flexibility index (Phi) is 9.16. The van der Waals surface area contributed by atoms with E-state index in [1.165, 1.54) is 7.11 Å². The van der Waals surface area contributed by atoms with Gasteiger partial charge in [-0.05, 0) is 24.9 Å². The van der Waals surface area contributed by atoms with Crippen molar-refractivity contribution in [2.24, 2.45) is 11.1 Å². The molecule has 3 N–H and O–H groups in total. The lowest BCUT2D eigenvalue weighted by Crippen LogP contribution is -2.44. The van der Waals surface area contributed by atoms with E-state index in [1.807, 2.05) is 6.92 Å². The molecule has 0 aromatic heterocycles. The van der Waals surface area contributed by atoms with Crippen LogP contribution in [0.4, 0.5) is 0 Å². The molecular formula is C14H29N3O3. The number of nitrogens with one attached hydrogen (secondary N) is 1. The molecule has 0 saturated heterocycles. The SMILES string of the molecule is CCN(CC(=O)NCCCC(=O)OC)CC(C)(C)CN. The van der Waals surface area contributed by atoms with Crippen LogP contribution in [-0.4, -0.2) is 56.6 Å². The van der Waals surface area contributed by atoms with Crippen molar-refractivity contribution in [1.29, 1.82) is 0 Å². The van der Waals surface area contributed by atoms with Gasteiger partial charge < -0.3 is 15.8 Å². The molecule has 0 unspecified atom stereocenters. The smallest absolute Gasteiger partial charge is 0.305 e. The summed E-state index contributed by atoms with van der Waals surface area (Å²) in [5.41, 5.74) is 5.71. The molecule has 1 amide bonds. The molecule has 0 radical (unpaired) electrons. The lowest BCUT2D eigenvalue weighted by Gasteiger charge is -2.30. The summed E-state index contributed by atoms with van der Waals surface area (Å²) in [4.78, 5) is 24.8.